The molecule has 1 aliphatic carbocycles. The number of allylic oxidation sites excluding steroid dienone is 2. The van der Waals surface area contributed by atoms with E-state index < -0.39 is 0 Å². The number of carbonyl (C=O) groups excluding carboxylic acids is 1. The smallest absolute Gasteiger partial charge is 0.157 e. The Hall–Kier alpha value is -0.830. The molecular weight excluding hydrogens is 188 g/mol. The average Bonchev–Trinajstić information content (AvgIpc) is 2.58. The molecule has 1 aliphatic heterocycles. The highest BCUT2D eigenvalue weighted by molar-refractivity contribution is 5.92. The lowest BCUT2D eigenvalue weighted by atomic mass is 9.98. The second kappa shape index (κ2) is 4.35. The molecule has 1 saturated heterocycles. The Labute approximate surface area is 91.5 Å². The summed E-state index contributed by atoms with van der Waals surface area (Å²) in [6.45, 7) is 3.42. The summed E-state index contributed by atoms with van der Waals surface area (Å²) in [5, 5.41) is 3.51. The van der Waals surface area contributed by atoms with Gasteiger partial charge in [-0.05, 0) is 33.2 Å². The largest absolute Gasteiger partial charge is 0.385 e. The fraction of sp³-hybridized carbons (Fsp3) is 0.750. The Kier molecular flexibility index (Phi) is 3.10. The number of carbonyl (C=O) groups is 1. The van der Waals surface area contributed by atoms with Crippen LogP contribution in [-0.2, 0) is 4.79 Å². The second-order valence-electron chi connectivity index (χ2n) is 4.83. The molecule has 2 atom stereocenters. The van der Waals surface area contributed by atoms with E-state index in [2.05, 4.69) is 24.2 Å². The Balaban J connectivity index is 1.85. The minimum atomic E-state index is 0.276. The number of nitrogens with one attached hydrogen (secondary N) is 1. The molecule has 0 aromatic rings. The number of rotatable bonds is 2. The minimum Gasteiger partial charge on any atom is -0.385 e. The van der Waals surface area contributed by atoms with Crippen LogP contribution in [0.5, 0.6) is 0 Å². The molecule has 0 aromatic heterocycles. The van der Waals surface area contributed by atoms with Gasteiger partial charge in [-0.1, -0.05) is 0 Å². The first-order valence-electron chi connectivity index (χ1n) is 5.85. The minimum absolute atomic E-state index is 0.276. The normalized spacial score (nSPS) is 32.9. The van der Waals surface area contributed by atoms with Gasteiger partial charge in [0, 0.05) is 36.8 Å². The van der Waals surface area contributed by atoms with E-state index in [1.807, 2.05) is 0 Å². The summed E-state index contributed by atoms with van der Waals surface area (Å²) >= 11 is 0. The lowest BCUT2D eigenvalue weighted by Gasteiger charge is -2.36. The third kappa shape index (κ3) is 2.59. The second-order valence-corrected chi connectivity index (χ2v) is 4.83. The lowest BCUT2D eigenvalue weighted by molar-refractivity contribution is -0.114. The van der Waals surface area contributed by atoms with Gasteiger partial charge < -0.3 is 10.2 Å². The molecule has 2 rings (SSSR count). The van der Waals surface area contributed by atoms with Gasteiger partial charge in [0.15, 0.2) is 5.78 Å². The van der Waals surface area contributed by atoms with Gasteiger partial charge in [-0.2, -0.15) is 0 Å². The van der Waals surface area contributed by atoms with Crippen molar-refractivity contribution in [3.05, 3.63) is 11.8 Å². The lowest BCUT2D eigenvalue weighted by Crippen LogP contribution is -2.45. The third-order valence-corrected chi connectivity index (χ3v) is 3.57. The molecule has 0 radical (unpaired) electrons. The first-order valence-corrected chi connectivity index (χ1v) is 5.85. The van der Waals surface area contributed by atoms with Crippen LogP contribution in [0.25, 0.3) is 0 Å². The Bertz CT molecular complexity index is 285. The van der Waals surface area contributed by atoms with Gasteiger partial charge in [-0.3, -0.25) is 4.79 Å². The highest BCUT2D eigenvalue weighted by Crippen LogP contribution is 2.19. The Morgan fingerprint density at radius 2 is 2.27 bits per heavy atom. The standard InChI is InChI=1S/C12H20N2O/c1-9-7-11(5-6-14(9)2)13-10-3-4-12(15)8-10/h8-9,11,13H,3-7H2,1-2H3. The Morgan fingerprint density at radius 3 is 2.87 bits per heavy atom. The maximum absolute atomic E-state index is 11.1. The molecule has 1 heterocycles. The predicted octanol–water partition coefficient (Wildman–Crippen LogP) is 1.31. The molecule has 0 aromatic carbocycles. The van der Waals surface area contributed by atoms with Crippen LogP contribution < -0.4 is 5.32 Å². The van der Waals surface area contributed by atoms with Crippen molar-refractivity contribution < 1.29 is 4.79 Å². The number of likely N-dealkylation sites (tertiary alicyclic amines) is 1. The van der Waals surface area contributed by atoms with Crippen LogP contribution >= 0.6 is 0 Å². The number of nitrogens with zero attached hydrogens (tertiary/aromatic N) is 1. The van der Waals surface area contributed by atoms with Crippen LogP contribution in [0.3, 0.4) is 0 Å². The third-order valence-electron chi connectivity index (χ3n) is 3.57. The highest BCUT2D eigenvalue weighted by Gasteiger charge is 2.24. The van der Waals surface area contributed by atoms with Crippen molar-refractivity contribution in [3.63, 3.8) is 0 Å². The molecule has 3 heteroatoms. The fourth-order valence-corrected chi connectivity index (χ4v) is 2.39. The summed E-state index contributed by atoms with van der Waals surface area (Å²) in [5.74, 6) is 0.276. The van der Waals surface area contributed by atoms with Crippen LogP contribution in [-0.4, -0.2) is 36.4 Å². The summed E-state index contributed by atoms with van der Waals surface area (Å²) in [5.41, 5.74) is 1.15. The van der Waals surface area contributed by atoms with Crippen molar-refractivity contribution in [1.82, 2.24) is 10.2 Å². The van der Waals surface area contributed by atoms with Crippen LogP contribution in [0.2, 0.25) is 0 Å². The van der Waals surface area contributed by atoms with Gasteiger partial charge in [0.25, 0.3) is 0 Å². The van der Waals surface area contributed by atoms with Crippen molar-refractivity contribution >= 4 is 5.78 Å². The number of hydrogen-bond acceptors (Lipinski definition) is 3. The molecular formula is C12H20N2O. The van der Waals surface area contributed by atoms with Crippen molar-refractivity contribution in [2.24, 2.45) is 0 Å². The average molecular weight is 208 g/mol. The molecule has 1 N–H and O–H groups in total. The molecule has 2 aliphatic rings. The quantitative estimate of drug-likeness (QED) is 0.742. The van der Waals surface area contributed by atoms with Crippen molar-refractivity contribution in [3.8, 4) is 0 Å². The van der Waals surface area contributed by atoms with E-state index in [1.165, 1.54) is 12.8 Å². The first-order chi connectivity index (χ1) is 7.15. The van der Waals surface area contributed by atoms with Gasteiger partial charge in [0.1, 0.15) is 0 Å². The molecule has 84 valence electrons. The SMILES string of the molecule is CC1CC(NC2=CC(=O)CC2)CCN1C. The summed E-state index contributed by atoms with van der Waals surface area (Å²) in [7, 11) is 2.18. The van der Waals surface area contributed by atoms with Gasteiger partial charge in [-0.15, -0.1) is 0 Å². The van der Waals surface area contributed by atoms with Gasteiger partial charge in [-0.25, -0.2) is 0 Å². The summed E-state index contributed by atoms with van der Waals surface area (Å²) in [4.78, 5) is 13.5. The van der Waals surface area contributed by atoms with E-state index in [4.69, 9.17) is 0 Å². The highest BCUT2D eigenvalue weighted by atomic mass is 16.1. The molecule has 0 saturated carbocycles. The van der Waals surface area contributed by atoms with Gasteiger partial charge in [0.2, 0.25) is 0 Å². The molecule has 0 bridgehead atoms. The number of hydrogen-bond donors (Lipinski definition) is 1. The van der Waals surface area contributed by atoms with E-state index >= 15 is 0 Å². The maximum atomic E-state index is 11.1. The fourth-order valence-electron chi connectivity index (χ4n) is 2.39. The zero-order chi connectivity index (χ0) is 10.8. The van der Waals surface area contributed by atoms with E-state index in [-0.39, 0.29) is 5.78 Å². The first kappa shape index (κ1) is 10.7. The van der Waals surface area contributed by atoms with Gasteiger partial charge >= 0.3 is 0 Å². The maximum Gasteiger partial charge on any atom is 0.157 e. The van der Waals surface area contributed by atoms with E-state index in [0.717, 1.165) is 18.7 Å². The van der Waals surface area contributed by atoms with Crippen LogP contribution in [0.4, 0.5) is 0 Å². The Morgan fingerprint density at radius 1 is 1.47 bits per heavy atom. The van der Waals surface area contributed by atoms with Crippen molar-refractivity contribution in [1.29, 1.82) is 0 Å². The molecule has 1 fully saturated rings. The monoisotopic (exact) mass is 208 g/mol. The molecule has 2 unspecified atom stereocenters. The zero-order valence-corrected chi connectivity index (χ0v) is 9.62. The van der Waals surface area contributed by atoms with Gasteiger partial charge in [0.05, 0.1) is 0 Å². The molecule has 15 heavy (non-hydrogen) atoms. The topological polar surface area (TPSA) is 32.3 Å². The predicted molar refractivity (Wildman–Crippen MR) is 60.6 cm³/mol. The van der Waals surface area contributed by atoms with E-state index in [1.54, 1.807) is 6.08 Å². The number of ketones is 1. The van der Waals surface area contributed by atoms with Crippen LogP contribution in [0, 0.1) is 0 Å². The van der Waals surface area contributed by atoms with Crippen molar-refractivity contribution in [2.75, 3.05) is 13.6 Å². The molecule has 0 amide bonds. The zero-order valence-electron chi connectivity index (χ0n) is 9.62. The summed E-state index contributed by atoms with van der Waals surface area (Å²) < 4.78 is 0. The summed E-state index contributed by atoms with van der Waals surface area (Å²) in [6.07, 6.45) is 5.77. The molecule has 3 nitrogen and oxygen atoms in total. The van der Waals surface area contributed by atoms with E-state index in [9.17, 15) is 4.79 Å². The van der Waals surface area contributed by atoms with E-state index in [0.29, 0.717) is 18.5 Å². The van der Waals surface area contributed by atoms with Crippen LogP contribution in [0.1, 0.15) is 32.6 Å². The van der Waals surface area contributed by atoms with Crippen molar-refractivity contribution in [2.45, 2.75) is 44.7 Å². The number of piperidine rings is 1. The van der Waals surface area contributed by atoms with Crippen LogP contribution in [0.15, 0.2) is 11.8 Å². The molecule has 0 spiro atoms. The summed E-state index contributed by atoms with van der Waals surface area (Å²) in [6, 6.07) is 1.21.